The van der Waals surface area contributed by atoms with Crippen molar-refractivity contribution in [3.8, 4) is 11.5 Å². The number of amides is 1. The number of ketones is 1. The third-order valence-electron chi connectivity index (χ3n) is 6.71. The molecule has 0 radical (unpaired) electrons. The number of anilines is 1. The minimum Gasteiger partial charge on any atom is -0.504 e. The summed E-state index contributed by atoms with van der Waals surface area (Å²) in [4.78, 5) is 28.6. The Bertz CT molecular complexity index is 1790. The summed E-state index contributed by atoms with van der Waals surface area (Å²) in [5.41, 5.74) is 3.02. The van der Waals surface area contributed by atoms with Crippen LogP contribution in [0.15, 0.2) is 92.9 Å². The summed E-state index contributed by atoms with van der Waals surface area (Å²) in [5.74, 6) is -1.50. The summed E-state index contributed by atoms with van der Waals surface area (Å²) < 4.78 is 11.7. The first-order valence-electron chi connectivity index (χ1n) is 12.5. The average Bonchev–Trinajstić information content (AvgIpc) is 3.69. The molecule has 41 heavy (non-hydrogen) atoms. The fourth-order valence-corrected chi connectivity index (χ4v) is 6.45. The first kappa shape index (κ1) is 26.6. The molecule has 11 heteroatoms. The van der Waals surface area contributed by atoms with Crippen LogP contribution in [0, 0.1) is 6.92 Å². The number of rotatable bonds is 8. The minimum atomic E-state index is -1.08. The topological polar surface area (TPSA) is 126 Å². The molecular formula is C30H23N3O6S2. The number of ether oxygens (including phenoxy) is 1. The van der Waals surface area contributed by atoms with E-state index in [0.29, 0.717) is 26.6 Å². The van der Waals surface area contributed by atoms with E-state index in [1.807, 2.05) is 37.3 Å². The number of fused-ring (bicyclic) bond motifs is 1. The van der Waals surface area contributed by atoms with Crippen molar-refractivity contribution in [3.63, 3.8) is 0 Å². The second-order valence-corrected chi connectivity index (χ2v) is 11.6. The van der Waals surface area contributed by atoms with Gasteiger partial charge in [-0.15, -0.1) is 10.2 Å². The zero-order valence-electron chi connectivity index (χ0n) is 21.9. The zero-order valence-corrected chi connectivity index (χ0v) is 23.5. The van der Waals surface area contributed by atoms with Crippen molar-refractivity contribution >= 4 is 50.9 Å². The summed E-state index contributed by atoms with van der Waals surface area (Å²) in [6, 6.07) is 20.3. The van der Waals surface area contributed by atoms with Crippen LogP contribution in [0.25, 0.3) is 11.0 Å². The van der Waals surface area contributed by atoms with Gasteiger partial charge in [0.05, 0.1) is 18.7 Å². The van der Waals surface area contributed by atoms with Crippen molar-refractivity contribution in [2.75, 3.05) is 12.0 Å². The second-order valence-electron chi connectivity index (χ2n) is 9.37. The van der Waals surface area contributed by atoms with Crippen molar-refractivity contribution in [1.82, 2.24) is 10.2 Å². The van der Waals surface area contributed by atoms with Crippen molar-refractivity contribution in [2.24, 2.45) is 0 Å². The number of hydrogen-bond acceptors (Lipinski definition) is 10. The lowest BCUT2D eigenvalue weighted by molar-refractivity contribution is -0.117. The average molecular weight is 586 g/mol. The summed E-state index contributed by atoms with van der Waals surface area (Å²) in [5, 5.41) is 30.7. The lowest BCUT2D eigenvalue weighted by atomic mass is 9.95. The number of aliphatic hydroxyl groups is 1. The number of benzene rings is 3. The van der Waals surface area contributed by atoms with Crippen molar-refractivity contribution in [2.45, 2.75) is 23.1 Å². The number of para-hydroxylation sites is 1. The van der Waals surface area contributed by atoms with Crippen LogP contribution in [0.5, 0.6) is 11.5 Å². The first-order chi connectivity index (χ1) is 19.8. The second kappa shape index (κ2) is 10.8. The number of nitrogens with zero attached hydrogens (tertiary/aromatic N) is 3. The lowest BCUT2D eigenvalue weighted by Gasteiger charge is -2.24. The van der Waals surface area contributed by atoms with Crippen molar-refractivity contribution in [1.29, 1.82) is 0 Å². The number of thioether (sulfide) groups is 1. The van der Waals surface area contributed by atoms with Gasteiger partial charge in [0.25, 0.3) is 5.91 Å². The molecule has 9 nitrogen and oxygen atoms in total. The Kier molecular flexibility index (Phi) is 6.98. The van der Waals surface area contributed by atoms with Gasteiger partial charge in [-0.3, -0.25) is 14.5 Å². The third kappa shape index (κ3) is 4.94. The summed E-state index contributed by atoms with van der Waals surface area (Å²) in [6.07, 6.45) is 0. The molecule has 206 valence electrons. The molecule has 0 aliphatic carbocycles. The predicted molar refractivity (Wildman–Crippen MR) is 156 cm³/mol. The van der Waals surface area contributed by atoms with Gasteiger partial charge in [-0.2, -0.15) is 0 Å². The molecule has 1 unspecified atom stereocenters. The van der Waals surface area contributed by atoms with Crippen LogP contribution in [-0.4, -0.2) is 39.2 Å². The minimum absolute atomic E-state index is 0.0234. The van der Waals surface area contributed by atoms with E-state index in [2.05, 4.69) is 10.2 Å². The highest BCUT2D eigenvalue weighted by molar-refractivity contribution is 8.00. The molecule has 0 bridgehead atoms. The standard InChI is InChI=1S/C30H23N3O6S2/c1-16-7-9-17(10-8-16)15-40-30-32-31-29(41-30)33-25(19-11-12-20(34)22(14-19)38-2)24(27(36)28(33)37)26(35)23-13-18-5-3-4-6-21(18)39-23/h3-14,25,34,36H,15H2,1-2H3. The normalized spacial score (nSPS) is 15.2. The zero-order chi connectivity index (χ0) is 28.7. The van der Waals surface area contributed by atoms with Gasteiger partial charge in [-0.05, 0) is 42.3 Å². The number of methoxy groups -OCH3 is 1. The monoisotopic (exact) mass is 585 g/mol. The van der Waals surface area contributed by atoms with Gasteiger partial charge in [0, 0.05) is 11.1 Å². The molecule has 6 rings (SSSR count). The number of furan rings is 1. The van der Waals surface area contributed by atoms with Gasteiger partial charge in [-0.25, -0.2) is 0 Å². The third-order valence-corrected chi connectivity index (χ3v) is 8.83. The van der Waals surface area contributed by atoms with E-state index in [1.54, 1.807) is 30.3 Å². The molecule has 0 spiro atoms. The molecule has 0 fully saturated rings. The highest BCUT2D eigenvalue weighted by Crippen LogP contribution is 2.45. The smallest absolute Gasteiger partial charge is 0.296 e. The Labute approximate surface area is 242 Å². The highest BCUT2D eigenvalue weighted by Gasteiger charge is 2.47. The number of phenolic OH excluding ortho intramolecular Hbond substituents is 1. The van der Waals surface area contributed by atoms with E-state index < -0.39 is 23.5 Å². The van der Waals surface area contributed by atoms with Crippen LogP contribution in [-0.2, 0) is 10.5 Å². The lowest BCUT2D eigenvalue weighted by Crippen LogP contribution is -2.31. The van der Waals surface area contributed by atoms with Gasteiger partial charge in [0.1, 0.15) is 5.58 Å². The number of Topliss-reactive ketones (excluding diaryl/α,β-unsaturated/α-hetero) is 1. The molecule has 1 amide bonds. The van der Waals surface area contributed by atoms with E-state index in [0.717, 1.165) is 5.56 Å². The van der Waals surface area contributed by atoms with Gasteiger partial charge >= 0.3 is 0 Å². The Morgan fingerprint density at radius 1 is 1.07 bits per heavy atom. The molecular weight excluding hydrogens is 562 g/mol. The Hall–Kier alpha value is -4.61. The van der Waals surface area contributed by atoms with Gasteiger partial charge < -0.3 is 19.4 Å². The van der Waals surface area contributed by atoms with Crippen LogP contribution < -0.4 is 9.64 Å². The van der Waals surface area contributed by atoms with Crippen LogP contribution in [0.4, 0.5) is 5.13 Å². The number of aliphatic hydroxyl groups excluding tert-OH is 1. The molecule has 0 saturated heterocycles. The maximum absolute atomic E-state index is 13.8. The number of phenols is 1. The maximum Gasteiger partial charge on any atom is 0.296 e. The quantitative estimate of drug-likeness (QED) is 0.121. The molecule has 1 atom stereocenters. The largest absolute Gasteiger partial charge is 0.504 e. The summed E-state index contributed by atoms with van der Waals surface area (Å²) in [6.45, 7) is 2.03. The maximum atomic E-state index is 13.8. The van der Waals surface area contributed by atoms with Gasteiger partial charge in [-0.1, -0.05) is 77.2 Å². The van der Waals surface area contributed by atoms with Crippen LogP contribution in [0.3, 0.4) is 0 Å². The summed E-state index contributed by atoms with van der Waals surface area (Å²) in [7, 11) is 1.40. The first-order valence-corrected chi connectivity index (χ1v) is 14.3. The molecule has 0 saturated carbocycles. The highest BCUT2D eigenvalue weighted by atomic mass is 32.2. The molecule has 3 aromatic carbocycles. The molecule has 2 N–H and O–H groups in total. The number of aromatic nitrogens is 2. The Morgan fingerprint density at radius 2 is 1.85 bits per heavy atom. The van der Waals surface area contributed by atoms with Crippen LogP contribution in [0.2, 0.25) is 0 Å². The predicted octanol–water partition coefficient (Wildman–Crippen LogP) is 6.38. The van der Waals surface area contributed by atoms with Crippen LogP contribution in [0.1, 0.15) is 33.3 Å². The SMILES string of the molecule is COc1cc(C2C(C(=O)c3cc4ccccc4o3)=C(O)C(=O)N2c2nnc(SCc3ccc(C)cc3)s2)ccc1O. The summed E-state index contributed by atoms with van der Waals surface area (Å²) >= 11 is 2.64. The molecule has 1 aliphatic rings. The number of carbonyl (C=O) groups excluding carboxylic acids is 2. The molecule has 5 aromatic rings. The van der Waals surface area contributed by atoms with Gasteiger partial charge in [0.2, 0.25) is 10.9 Å². The van der Waals surface area contributed by atoms with Crippen molar-refractivity contribution < 1.29 is 29.0 Å². The fraction of sp³-hybridized carbons (Fsp3) is 0.133. The Balaban J connectivity index is 1.38. The number of carbonyl (C=O) groups is 2. The molecule has 1 aliphatic heterocycles. The van der Waals surface area contributed by atoms with E-state index in [-0.39, 0.29) is 28.0 Å². The number of aromatic hydroxyl groups is 1. The number of aryl methyl sites for hydroxylation is 1. The van der Waals surface area contributed by atoms with Crippen LogP contribution >= 0.6 is 23.1 Å². The van der Waals surface area contributed by atoms with E-state index in [4.69, 9.17) is 9.15 Å². The molecule has 3 heterocycles. The van der Waals surface area contributed by atoms with E-state index >= 15 is 0 Å². The van der Waals surface area contributed by atoms with Gasteiger partial charge in [0.15, 0.2) is 27.4 Å². The fourth-order valence-electron chi connectivity index (χ4n) is 4.63. The number of hydrogen-bond donors (Lipinski definition) is 2. The van der Waals surface area contributed by atoms with Crippen molar-refractivity contribution in [3.05, 3.63) is 107 Å². The molecule has 2 aromatic heterocycles. The van der Waals surface area contributed by atoms with E-state index in [9.17, 15) is 19.8 Å². The Morgan fingerprint density at radius 3 is 2.61 bits per heavy atom. The van der Waals surface area contributed by atoms with E-state index in [1.165, 1.54) is 52.8 Å².